The number of rotatable bonds is 3. The molecule has 106 valence electrons. The van der Waals surface area contributed by atoms with Gasteiger partial charge < -0.3 is 4.42 Å². The van der Waals surface area contributed by atoms with Gasteiger partial charge in [0.15, 0.2) is 0 Å². The molecule has 3 heterocycles. The molecular formula is C16H26N2O. The van der Waals surface area contributed by atoms with Crippen molar-refractivity contribution >= 4 is 0 Å². The summed E-state index contributed by atoms with van der Waals surface area (Å²) < 4.78 is 5.85. The van der Waals surface area contributed by atoms with Crippen LogP contribution in [0, 0.1) is 6.92 Å². The van der Waals surface area contributed by atoms with Gasteiger partial charge in [-0.05, 0) is 51.8 Å². The first-order valence-corrected chi connectivity index (χ1v) is 7.75. The van der Waals surface area contributed by atoms with Crippen molar-refractivity contribution in [2.45, 2.75) is 58.2 Å². The van der Waals surface area contributed by atoms with Gasteiger partial charge in [-0.15, -0.1) is 0 Å². The molecule has 1 aromatic rings. The SMILES string of the molecule is CCC1CN2CCCC2CN1C(C)c1ccc(C)o1. The van der Waals surface area contributed by atoms with Crippen LogP contribution in [-0.4, -0.2) is 41.5 Å². The molecule has 3 heteroatoms. The van der Waals surface area contributed by atoms with E-state index in [9.17, 15) is 0 Å². The van der Waals surface area contributed by atoms with Gasteiger partial charge in [0.05, 0.1) is 6.04 Å². The molecule has 19 heavy (non-hydrogen) atoms. The molecule has 3 nitrogen and oxygen atoms in total. The Balaban J connectivity index is 1.77. The number of hydrogen-bond donors (Lipinski definition) is 0. The molecule has 2 saturated heterocycles. The maximum Gasteiger partial charge on any atom is 0.121 e. The molecule has 2 aliphatic rings. The Morgan fingerprint density at radius 1 is 1.37 bits per heavy atom. The van der Waals surface area contributed by atoms with Crippen molar-refractivity contribution in [1.82, 2.24) is 9.80 Å². The molecule has 0 radical (unpaired) electrons. The summed E-state index contributed by atoms with van der Waals surface area (Å²) in [7, 11) is 0. The highest BCUT2D eigenvalue weighted by Crippen LogP contribution is 2.32. The lowest BCUT2D eigenvalue weighted by molar-refractivity contribution is 0.0166. The fourth-order valence-electron chi connectivity index (χ4n) is 3.79. The van der Waals surface area contributed by atoms with Gasteiger partial charge >= 0.3 is 0 Å². The number of fused-ring (bicyclic) bond motifs is 1. The lowest BCUT2D eigenvalue weighted by Crippen LogP contribution is -2.56. The van der Waals surface area contributed by atoms with Crippen molar-refractivity contribution < 1.29 is 4.42 Å². The normalized spacial score (nSPS) is 30.5. The molecule has 0 N–H and O–H groups in total. The highest BCUT2D eigenvalue weighted by atomic mass is 16.3. The maximum atomic E-state index is 5.85. The van der Waals surface area contributed by atoms with E-state index in [1.54, 1.807) is 0 Å². The summed E-state index contributed by atoms with van der Waals surface area (Å²) in [5.41, 5.74) is 0. The van der Waals surface area contributed by atoms with E-state index in [2.05, 4.69) is 35.8 Å². The van der Waals surface area contributed by atoms with E-state index >= 15 is 0 Å². The second-order valence-electron chi connectivity index (χ2n) is 6.17. The molecule has 0 saturated carbocycles. The highest BCUT2D eigenvalue weighted by molar-refractivity contribution is 5.10. The summed E-state index contributed by atoms with van der Waals surface area (Å²) in [6.45, 7) is 10.4. The van der Waals surface area contributed by atoms with E-state index < -0.39 is 0 Å². The van der Waals surface area contributed by atoms with Gasteiger partial charge in [-0.2, -0.15) is 0 Å². The summed E-state index contributed by atoms with van der Waals surface area (Å²) >= 11 is 0. The maximum absolute atomic E-state index is 5.85. The van der Waals surface area contributed by atoms with Crippen LogP contribution in [0.1, 0.15) is 50.7 Å². The summed E-state index contributed by atoms with van der Waals surface area (Å²) in [4.78, 5) is 5.37. The number of hydrogen-bond acceptors (Lipinski definition) is 3. The highest BCUT2D eigenvalue weighted by Gasteiger charge is 2.38. The predicted octanol–water partition coefficient (Wildman–Crippen LogP) is 3.21. The standard InChI is InChI=1S/C16H26N2O/c1-4-14-10-17-9-5-6-15(17)11-18(14)13(3)16-8-7-12(2)19-16/h7-8,13-15H,4-6,9-11H2,1-3H3. The quantitative estimate of drug-likeness (QED) is 0.834. The van der Waals surface area contributed by atoms with Gasteiger partial charge in [0.1, 0.15) is 11.5 Å². The van der Waals surface area contributed by atoms with Crippen molar-refractivity contribution in [2.24, 2.45) is 0 Å². The zero-order valence-corrected chi connectivity index (χ0v) is 12.4. The lowest BCUT2D eigenvalue weighted by Gasteiger charge is -2.45. The Labute approximate surface area is 116 Å². The largest absolute Gasteiger partial charge is 0.465 e. The molecular weight excluding hydrogens is 236 g/mol. The number of aryl methyl sites for hydroxylation is 1. The Morgan fingerprint density at radius 2 is 2.21 bits per heavy atom. The van der Waals surface area contributed by atoms with Crippen LogP contribution in [0.3, 0.4) is 0 Å². The van der Waals surface area contributed by atoms with Crippen molar-refractivity contribution in [1.29, 1.82) is 0 Å². The molecule has 0 bridgehead atoms. The van der Waals surface area contributed by atoms with Gasteiger partial charge in [-0.25, -0.2) is 0 Å². The van der Waals surface area contributed by atoms with Crippen molar-refractivity contribution in [3.8, 4) is 0 Å². The zero-order chi connectivity index (χ0) is 13.4. The van der Waals surface area contributed by atoms with Crippen LogP contribution in [0.15, 0.2) is 16.5 Å². The molecule has 2 fully saturated rings. The smallest absolute Gasteiger partial charge is 0.121 e. The topological polar surface area (TPSA) is 19.6 Å². The lowest BCUT2D eigenvalue weighted by atomic mass is 10.0. The Morgan fingerprint density at radius 3 is 2.89 bits per heavy atom. The predicted molar refractivity (Wildman–Crippen MR) is 77.2 cm³/mol. The molecule has 0 spiro atoms. The summed E-state index contributed by atoms with van der Waals surface area (Å²) in [5, 5.41) is 0. The van der Waals surface area contributed by atoms with E-state index in [1.807, 2.05) is 6.92 Å². The third-order valence-electron chi connectivity index (χ3n) is 4.98. The van der Waals surface area contributed by atoms with Gasteiger partial charge in [-0.3, -0.25) is 9.80 Å². The van der Waals surface area contributed by atoms with E-state index in [0.29, 0.717) is 12.1 Å². The van der Waals surface area contributed by atoms with Crippen molar-refractivity contribution in [3.05, 3.63) is 23.7 Å². The molecule has 3 unspecified atom stereocenters. The van der Waals surface area contributed by atoms with Gasteiger partial charge in [0.2, 0.25) is 0 Å². The zero-order valence-electron chi connectivity index (χ0n) is 12.4. The summed E-state index contributed by atoms with van der Waals surface area (Å²) in [5.74, 6) is 2.15. The molecule has 0 amide bonds. The molecule has 1 aromatic heterocycles. The molecule has 3 rings (SSSR count). The van der Waals surface area contributed by atoms with Gasteiger partial charge in [0, 0.05) is 25.2 Å². The first-order valence-electron chi connectivity index (χ1n) is 7.75. The minimum absolute atomic E-state index is 0.404. The van der Waals surface area contributed by atoms with Crippen molar-refractivity contribution in [3.63, 3.8) is 0 Å². The van der Waals surface area contributed by atoms with Gasteiger partial charge in [0.25, 0.3) is 0 Å². The first-order chi connectivity index (χ1) is 9.19. The van der Waals surface area contributed by atoms with Crippen LogP contribution in [0.2, 0.25) is 0 Å². The summed E-state index contributed by atoms with van der Waals surface area (Å²) in [6.07, 6.45) is 3.98. The summed E-state index contributed by atoms with van der Waals surface area (Å²) in [6, 6.07) is 6.09. The number of piperazine rings is 1. The third-order valence-corrected chi connectivity index (χ3v) is 4.98. The Bertz CT molecular complexity index is 428. The molecule has 0 aromatic carbocycles. The van der Waals surface area contributed by atoms with E-state index in [-0.39, 0.29) is 0 Å². The number of furan rings is 1. The van der Waals surface area contributed by atoms with Crippen LogP contribution in [0.5, 0.6) is 0 Å². The van der Waals surface area contributed by atoms with E-state index in [4.69, 9.17) is 4.42 Å². The first kappa shape index (κ1) is 13.2. The minimum Gasteiger partial charge on any atom is -0.465 e. The van der Waals surface area contributed by atoms with Crippen LogP contribution in [0.4, 0.5) is 0 Å². The monoisotopic (exact) mass is 262 g/mol. The van der Waals surface area contributed by atoms with Crippen LogP contribution in [0.25, 0.3) is 0 Å². The van der Waals surface area contributed by atoms with Crippen molar-refractivity contribution in [2.75, 3.05) is 19.6 Å². The van der Waals surface area contributed by atoms with Crippen LogP contribution in [-0.2, 0) is 0 Å². The number of nitrogens with zero attached hydrogens (tertiary/aromatic N) is 2. The Hall–Kier alpha value is -0.800. The van der Waals surface area contributed by atoms with Crippen LogP contribution < -0.4 is 0 Å². The van der Waals surface area contributed by atoms with Gasteiger partial charge in [-0.1, -0.05) is 6.92 Å². The fraction of sp³-hybridized carbons (Fsp3) is 0.750. The average molecular weight is 262 g/mol. The fourth-order valence-corrected chi connectivity index (χ4v) is 3.79. The molecule has 2 aliphatic heterocycles. The second kappa shape index (κ2) is 5.29. The molecule has 3 atom stereocenters. The van der Waals surface area contributed by atoms with E-state index in [0.717, 1.165) is 17.6 Å². The average Bonchev–Trinajstić information content (AvgIpc) is 3.04. The molecule has 0 aliphatic carbocycles. The minimum atomic E-state index is 0.404. The van der Waals surface area contributed by atoms with E-state index in [1.165, 1.54) is 38.9 Å². The third kappa shape index (κ3) is 2.46. The second-order valence-corrected chi connectivity index (χ2v) is 6.17. The Kier molecular flexibility index (Phi) is 3.68. The van der Waals surface area contributed by atoms with Crippen LogP contribution >= 0.6 is 0 Å².